The zero-order valence-corrected chi connectivity index (χ0v) is 15.3. The largest absolute Gasteiger partial charge is 0.493 e. The summed E-state index contributed by atoms with van der Waals surface area (Å²) in [6, 6.07) is 4.94. The second kappa shape index (κ2) is 7.64. The van der Waals surface area contributed by atoms with Gasteiger partial charge in [-0.25, -0.2) is 0 Å². The van der Waals surface area contributed by atoms with Gasteiger partial charge in [-0.05, 0) is 54.5 Å². The van der Waals surface area contributed by atoms with E-state index >= 15 is 0 Å². The van der Waals surface area contributed by atoms with Gasteiger partial charge in [0, 0.05) is 16.9 Å². The lowest BCUT2D eigenvalue weighted by molar-refractivity contribution is 0.292. The van der Waals surface area contributed by atoms with E-state index in [1.54, 1.807) is 0 Å². The van der Waals surface area contributed by atoms with E-state index in [4.69, 9.17) is 4.74 Å². The van der Waals surface area contributed by atoms with Crippen LogP contribution in [0.1, 0.15) is 45.2 Å². The molecule has 1 aliphatic heterocycles. The molecular weight excluding hydrogens is 326 g/mol. The van der Waals surface area contributed by atoms with Crippen molar-refractivity contribution in [3.63, 3.8) is 0 Å². The highest BCUT2D eigenvalue weighted by Crippen LogP contribution is 2.34. The van der Waals surface area contributed by atoms with Crippen LogP contribution in [-0.2, 0) is 12.8 Å². The van der Waals surface area contributed by atoms with Crippen LogP contribution in [0.15, 0.2) is 16.6 Å². The molecule has 1 N–H and O–H groups in total. The Kier molecular flexibility index (Phi) is 6.12. The summed E-state index contributed by atoms with van der Waals surface area (Å²) in [6.07, 6.45) is 3.25. The predicted octanol–water partition coefficient (Wildman–Crippen LogP) is 4.59. The highest BCUT2D eigenvalue weighted by atomic mass is 79.9. The van der Waals surface area contributed by atoms with E-state index in [-0.39, 0.29) is 0 Å². The Hall–Kier alpha value is -0.540. The monoisotopic (exact) mass is 353 g/mol. The number of hydrogen-bond acceptors (Lipinski definition) is 2. The summed E-state index contributed by atoms with van der Waals surface area (Å²) >= 11 is 3.65. The average Bonchev–Trinajstić information content (AvgIpc) is 2.90. The molecule has 0 aliphatic carbocycles. The lowest BCUT2D eigenvalue weighted by atomic mass is 9.86. The van der Waals surface area contributed by atoms with Crippen LogP contribution in [-0.4, -0.2) is 19.2 Å². The molecule has 118 valence electrons. The van der Waals surface area contributed by atoms with Gasteiger partial charge in [0.25, 0.3) is 0 Å². The minimum atomic E-state index is 0.507. The van der Waals surface area contributed by atoms with Crippen molar-refractivity contribution in [3.05, 3.63) is 27.7 Å². The Labute approximate surface area is 137 Å². The second-order valence-electron chi connectivity index (χ2n) is 6.52. The van der Waals surface area contributed by atoms with E-state index in [0.29, 0.717) is 17.9 Å². The maximum atomic E-state index is 5.88. The Balaban J connectivity index is 2.20. The molecular formula is C18H28BrNO. The van der Waals surface area contributed by atoms with Gasteiger partial charge >= 0.3 is 0 Å². The fourth-order valence-corrected chi connectivity index (χ4v) is 3.53. The summed E-state index contributed by atoms with van der Waals surface area (Å²) in [5.41, 5.74) is 2.70. The summed E-state index contributed by atoms with van der Waals surface area (Å²) in [7, 11) is 0. The first-order valence-electron chi connectivity index (χ1n) is 8.20. The first-order chi connectivity index (χ1) is 10.0. The van der Waals surface area contributed by atoms with Gasteiger partial charge in [-0.3, -0.25) is 0 Å². The first kappa shape index (κ1) is 16.8. The fourth-order valence-electron chi connectivity index (χ4n) is 2.97. The Bertz CT molecular complexity index is 473. The summed E-state index contributed by atoms with van der Waals surface area (Å²) < 4.78 is 7.06. The van der Waals surface area contributed by atoms with Gasteiger partial charge in [0.05, 0.1) is 6.61 Å². The van der Waals surface area contributed by atoms with Crippen molar-refractivity contribution in [3.8, 4) is 5.75 Å². The van der Waals surface area contributed by atoms with Gasteiger partial charge in [0.15, 0.2) is 0 Å². The average molecular weight is 354 g/mol. The lowest BCUT2D eigenvalue weighted by Gasteiger charge is -2.29. The molecule has 1 aliphatic rings. The number of rotatable bonds is 7. The van der Waals surface area contributed by atoms with Crippen molar-refractivity contribution >= 4 is 15.9 Å². The molecule has 0 amide bonds. The van der Waals surface area contributed by atoms with E-state index in [1.165, 1.54) is 22.0 Å². The number of hydrogen-bond donors (Lipinski definition) is 1. The van der Waals surface area contributed by atoms with Crippen LogP contribution in [0, 0.1) is 11.8 Å². The second-order valence-corrected chi connectivity index (χ2v) is 7.44. The zero-order chi connectivity index (χ0) is 15.4. The van der Waals surface area contributed by atoms with Gasteiger partial charge in [0.2, 0.25) is 0 Å². The molecule has 0 bridgehead atoms. The van der Waals surface area contributed by atoms with E-state index in [9.17, 15) is 0 Å². The number of benzene rings is 1. The molecule has 0 spiro atoms. The van der Waals surface area contributed by atoms with Crippen LogP contribution < -0.4 is 10.1 Å². The molecule has 1 heterocycles. The molecule has 0 saturated heterocycles. The van der Waals surface area contributed by atoms with Crippen molar-refractivity contribution in [2.75, 3.05) is 13.2 Å². The van der Waals surface area contributed by atoms with E-state index in [0.717, 1.165) is 31.7 Å². The molecule has 2 rings (SSSR count). The highest BCUT2D eigenvalue weighted by Gasteiger charge is 2.24. The molecule has 21 heavy (non-hydrogen) atoms. The Morgan fingerprint density at radius 3 is 2.71 bits per heavy atom. The van der Waals surface area contributed by atoms with Crippen LogP contribution in [0.25, 0.3) is 0 Å². The smallest absolute Gasteiger partial charge is 0.125 e. The van der Waals surface area contributed by atoms with E-state index < -0.39 is 0 Å². The fraction of sp³-hybridized carbons (Fsp3) is 0.667. The third-order valence-corrected chi connectivity index (χ3v) is 5.07. The normalized spacial score (nSPS) is 16.7. The third kappa shape index (κ3) is 4.23. The van der Waals surface area contributed by atoms with Crippen molar-refractivity contribution in [2.24, 2.45) is 11.8 Å². The lowest BCUT2D eigenvalue weighted by Crippen LogP contribution is -2.39. The highest BCUT2D eigenvalue weighted by molar-refractivity contribution is 9.10. The van der Waals surface area contributed by atoms with Crippen molar-refractivity contribution < 1.29 is 4.74 Å². The van der Waals surface area contributed by atoms with Crippen LogP contribution in [0.2, 0.25) is 0 Å². The molecule has 2 unspecified atom stereocenters. The first-order valence-corrected chi connectivity index (χ1v) is 8.99. The minimum Gasteiger partial charge on any atom is -0.493 e. The molecule has 2 atom stereocenters. The van der Waals surface area contributed by atoms with Crippen molar-refractivity contribution in [2.45, 2.75) is 53.0 Å². The standard InChI is InChI=1S/C18H28BrNO/c1-5-7-20-17(13(4)12(2)3)11-15-10-16(19)9-14-6-8-21-18(14)15/h9-10,12-13,17,20H,5-8,11H2,1-4H3. The van der Waals surface area contributed by atoms with Crippen LogP contribution in [0.5, 0.6) is 5.75 Å². The topological polar surface area (TPSA) is 21.3 Å². The SMILES string of the molecule is CCCNC(Cc1cc(Br)cc2c1OCC2)C(C)C(C)C. The van der Waals surface area contributed by atoms with Gasteiger partial charge in [-0.2, -0.15) is 0 Å². The van der Waals surface area contributed by atoms with Crippen LogP contribution >= 0.6 is 15.9 Å². The van der Waals surface area contributed by atoms with Gasteiger partial charge < -0.3 is 10.1 Å². The molecule has 1 aromatic rings. The van der Waals surface area contributed by atoms with E-state index in [2.05, 4.69) is 61.1 Å². The zero-order valence-electron chi connectivity index (χ0n) is 13.7. The van der Waals surface area contributed by atoms with E-state index in [1.807, 2.05) is 0 Å². The van der Waals surface area contributed by atoms with Crippen LogP contribution in [0.3, 0.4) is 0 Å². The number of ether oxygens (including phenoxy) is 1. The quantitative estimate of drug-likeness (QED) is 0.773. The molecule has 0 fully saturated rings. The number of nitrogens with one attached hydrogen (secondary N) is 1. The summed E-state index contributed by atoms with van der Waals surface area (Å²) in [5.74, 6) is 2.46. The van der Waals surface area contributed by atoms with Crippen LogP contribution in [0.4, 0.5) is 0 Å². The molecule has 3 heteroatoms. The third-order valence-electron chi connectivity index (χ3n) is 4.61. The van der Waals surface area contributed by atoms with Crippen molar-refractivity contribution in [1.82, 2.24) is 5.32 Å². The van der Waals surface area contributed by atoms with Gasteiger partial charge in [-0.1, -0.05) is 43.6 Å². The predicted molar refractivity (Wildman–Crippen MR) is 93.1 cm³/mol. The van der Waals surface area contributed by atoms with Gasteiger partial charge in [0.1, 0.15) is 5.75 Å². The molecule has 0 aromatic heterocycles. The summed E-state index contributed by atoms with van der Waals surface area (Å²) in [4.78, 5) is 0. The Morgan fingerprint density at radius 2 is 2.05 bits per heavy atom. The summed E-state index contributed by atoms with van der Waals surface area (Å²) in [6.45, 7) is 11.1. The maximum Gasteiger partial charge on any atom is 0.125 e. The molecule has 0 saturated carbocycles. The molecule has 1 aromatic carbocycles. The minimum absolute atomic E-state index is 0.507. The maximum absolute atomic E-state index is 5.88. The molecule has 2 nitrogen and oxygen atoms in total. The Morgan fingerprint density at radius 1 is 1.29 bits per heavy atom. The number of fused-ring (bicyclic) bond motifs is 1. The van der Waals surface area contributed by atoms with Gasteiger partial charge in [-0.15, -0.1) is 0 Å². The van der Waals surface area contributed by atoms with Crippen molar-refractivity contribution in [1.29, 1.82) is 0 Å². The molecule has 0 radical (unpaired) electrons. The number of halogens is 1. The summed E-state index contributed by atoms with van der Waals surface area (Å²) in [5, 5.41) is 3.74.